The van der Waals surface area contributed by atoms with Crippen molar-refractivity contribution >= 4 is 22.4 Å². The molecule has 0 spiro atoms. The van der Waals surface area contributed by atoms with Gasteiger partial charge in [-0.1, -0.05) is 0 Å². The fourth-order valence-corrected chi connectivity index (χ4v) is 2.35. The SMILES string of the molecule is CNC1CCN(S(C)(=O)=O)CC1.Cl. The summed E-state index contributed by atoms with van der Waals surface area (Å²) >= 11 is 0. The molecule has 1 N–H and O–H groups in total. The summed E-state index contributed by atoms with van der Waals surface area (Å²) in [5.74, 6) is 0. The summed E-state index contributed by atoms with van der Waals surface area (Å²) in [6.07, 6.45) is 3.11. The lowest BCUT2D eigenvalue weighted by Gasteiger charge is -2.29. The Morgan fingerprint density at radius 3 is 2.08 bits per heavy atom. The van der Waals surface area contributed by atoms with Gasteiger partial charge in [0.05, 0.1) is 6.26 Å². The molecule has 13 heavy (non-hydrogen) atoms. The van der Waals surface area contributed by atoms with E-state index in [1.807, 2.05) is 7.05 Å². The van der Waals surface area contributed by atoms with Crippen molar-refractivity contribution in [2.45, 2.75) is 18.9 Å². The van der Waals surface area contributed by atoms with Crippen LogP contribution in [0.3, 0.4) is 0 Å². The summed E-state index contributed by atoms with van der Waals surface area (Å²) in [6.45, 7) is 1.31. The molecule has 0 aromatic rings. The van der Waals surface area contributed by atoms with Gasteiger partial charge in [-0.3, -0.25) is 0 Å². The molecule has 80 valence electrons. The van der Waals surface area contributed by atoms with Crippen LogP contribution in [0.15, 0.2) is 0 Å². The second kappa shape index (κ2) is 5.14. The maximum Gasteiger partial charge on any atom is 0.211 e. The quantitative estimate of drug-likeness (QED) is 0.727. The highest BCUT2D eigenvalue weighted by Gasteiger charge is 2.23. The molecule has 0 saturated carbocycles. The van der Waals surface area contributed by atoms with Gasteiger partial charge < -0.3 is 5.32 Å². The number of hydrogen-bond donors (Lipinski definition) is 1. The molecule has 0 aromatic heterocycles. The van der Waals surface area contributed by atoms with Crippen LogP contribution in [0.4, 0.5) is 0 Å². The molecule has 0 aliphatic carbocycles. The van der Waals surface area contributed by atoms with Gasteiger partial charge in [0.15, 0.2) is 0 Å². The van der Waals surface area contributed by atoms with Crippen LogP contribution in [0.1, 0.15) is 12.8 Å². The first-order valence-electron chi connectivity index (χ1n) is 4.16. The van der Waals surface area contributed by atoms with Gasteiger partial charge in [-0.2, -0.15) is 0 Å². The molecule has 0 aromatic carbocycles. The van der Waals surface area contributed by atoms with Gasteiger partial charge >= 0.3 is 0 Å². The Labute approximate surface area is 86.1 Å². The van der Waals surface area contributed by atoms with E-state index >= 15 is 0 Å². The minimum atomic E-state index is -2.95. The average Bonchev–Trinajstić information content (AvgIpc) is 2.03. The third-order valence-electron chi connectivity index (χ3n) is 2.33. The number of sulfonamides is 1. The highest BCUT2D eigenvalue weighted by molar-refractivity contribution is 7.88. The molecule has 0 atom stereocenters. The van der Waals surface area contributed by atoms with Crippen molar-refractivity contribution < 1.29 is 8.42 Å². The van der Waals surface area contributed by atoms with Gasteiger partial charge in [0.1, 0.15) is 0 Å². The van der Waals surface area contributed by atoms with Gasteiger partial charge in [0, 0.05) is 19.1 Å². The number of piperidine rings is 1. The fraction of sp³-hybridized carbons (Fsp3) is 1.00. The molecule has 6 heteroatoms. The predicted molar refractivity (Wildman–Crippen MR) is 55.7 cm³/mol. The zero-order valence-corrected chi connectivity index (χ0v) is 9.62. The van der Waals surface area contributed by atoms with E-state index in [4.69, 9.17) is 0 Å². The third kappa shape index (κ3) is 3.81. The Morgan fingerprint density at radius 2 is 1.77 bits per heavy atom. The standard InChI is InChI=1S/C7H16N2O2S.ClH/c1-8-7-3-5-9(6-4-7)12(2,10)11;/h7-8H,3-6H2,1-2H3;1H. The summed E-state index contributed by atoms with van der Waals surface area (Å²) in [6, 6.07) is 0.489. The van der Waals surface area contributed by atoms with Crippen molar-refractivity contribution in [1.29, 1.82) is 0 Å². The van der Waals surface area contributed by atoms with E-state index in [2.05, 4.69) is 5.32 Å². The van der Waals surface area contributed by atoms with Crippen LogP contribution in [-0.2, 0) is 10.0 Å². The lowest BCUT2D eigenvalue weighted by molar-refractivity contribution is 0.300. The summed E-state index contributed by atoms with van der Waals surface area (Å²) < 4.78 is 23.7. The van der Waals surface area contributed by atoms with Crippen molar-refractivity contribution in [3.8, 4) is 0 Å². The van der Waals surface area contributed by atoms with Crippen molar-refractivity contribution in [3.63, 3.8) is 0 Å². The van der Waals surface area contributed by atoms with Crippen molar-refractivity contribution in [2.24, 2.45) is 0 Å². The van der Waals surface area contributed by atoms with Crippen molar-refractivity contribution in [2.75, 3.05) is 26.4 Å². The van der Waals surface area contributed by atoms with Crippen molar-refractivity contribution in [3.05, 3.63) is 0 Å². The Morgan fingerprint density at radius 1 is 1.31 bits per heavy atom. The second-order valence-corrected chi connectivity index (χ2v) is 5.21. The molecule has 4 nitrogen and oxygen atoms in total. The molecule has 1 heterocycles. The van der Waals surface area contributed by atoms with Crippen LogP contribution in [0.2, 0.25) is 0 Å². The van der Waals surface area contributed by atoms with E-state index < -0.39 is 10.0 Å². The van der Waals surface area contributed by atoms with Crippen LogP contribution in [0, 0.1) is 0 Å². The molecule has 0 radical (unpaired) electrons. The first-order chi connectivity index (χ1) is 5.54. The maximum absolute atomic E-state index is 11.1. The molecule has 1 saturated heterocycles. The summed E-state index contributed by atoms with van der Waals surface area (Å²) in [7, 11) is -1.03. The van der Waals surface area contributed by atoms with Gasteiger partial charge in [-0.15, -0.1) is 12.4 Å². The Balaban J connectivity index is 0.00000144. The van der Waals surface area contributed by atoms with Gasteiger partial charge in [0.25, 0.3) is 0 Å². The Bertz CT molecular complexity index is 235. The Hall–Kier alpha value is 0.160. The molecular weight excluding hydrogens is 212 g/mol. The molecule has 1 aliphatic heterocycles. The van der Waals surface area contributed by atoms with E-state index in [1.54, 1.807) is 4.31 Å². The van der Waals surface area contributed by atoms with Crippen molar-refractivity contribution in [1.82, 2.24) is 9.62 Å². The lowest BCUT2D eigenvalue weighted by atomic mass is 10.1. The molecule has 1 fully saturated rings. The summed E-state index contributed by atoms with van der Waals surface area (Å²) in [5, 5.41) is 3.15. The van der Waals surface area contributed by atoms with E-state index in [0.717, 1.165) is 12.8 Å². The second-order valence-electron chi connectivity index (χ2n) is 3.22. The Kier molecular flexibility index (Phi) is 5.21. The van der Waals surface area contributed by atoms with Gasteiger partial charge in [0.2, 0.25) is 10.0 Å². The zero-order chi connectivity index (χ0) is 9.19. The number of nitrogens with one attached hydrogen (secondary N) is 1. The molecular formula is C7H17ClN2O2S. The minimum Gasteiger partial charge on any atom is -0.317 e. The number of hydrogen-bond acceptors (Lipinski definition) is 3. The summed E-state index contributed by atoms with van der Waals surface area (Å²) in [5.41, 5.74) is 0. The third-order valence-corrected chi connectivity index (χ3v) is 3.63. The predicted octanol–water partition coefficient (Wildman–Crippen LogP) is 0.0516. The van der Waals surface area contributed by atoms with Gasteiger partial charge in [-0.05, 0) is 19.9 Å². The number of halogens is 1. The number of rotatable bonds is 2. The largest absolute Gasteiger partial charge is 0.317 e. The van der Waals surface area contributed by atoms with E-state index in [-0.39, 0.29) is 12.4 Å². The zero-order valence-electron chi connectivity index (χ0n) is 7.99. The molecule has 1 rings (SSSR count). The van der Waals surface area contributed by atoms with Crippen LogP contribution < -0.4 is 5.32 Å². The monoisotopic (exact) mass is 228 g/mol. The van der Waals surface area contributed by atoms with Crippen LogP contribution >= 0.6 is 12.4 Å². The highest BCUT2D eigenvalue weighted by atomic mass is 35.5. The van der Waals surface area contributed by atoms with Crippen LogP contribution in [0.5, 0.6) is 0 Å². The van der Waals surface area contributed by atoms with Gasteiger partial charge in [-0.25, -0.2) is 12.7 Å². The first-order valence-corrected chi connectivity index (χ1v) is 6.01. The first kappa shape index (κ1) is 13.2. The maximum atomic E-state index is 11.1. The van der Waals surface area contributed by atoms with E-state index in [0.29, 0.717) is 19.1 Å². The summed E-state index contributed by atoms with van der Waals surface area (Å²) in [4.78, 5) is 0. The van der Waals surface area contributed by atoms with Crippen LogP contribution in [-0.4, -0.2) is 45.2 Å². The van der Waals surface area contributed by atoms with E-state index in [1.165, 1.54) is 6.26 Å². The lowest BCUT2D eigenvalue weighted by Crippen LogP contribution is -2.43. The smallest absolute Gasteiger partial charge is 0.211 e. The number of nitrogens with zero attached hydrogens (tertiary/aromatic N) is 1. The molecule has 0 bridgehead atoms. The normalized spacial score (nSPS) is 21.1. The average molecular weight is 229 g/mol. The minimum absolute atomic E-state index is 0. The van der Waals surface area contributed by atoms with Crippen LogP contribution in [0.25, 0.3) is 0 Å². The van der Waals surface area contributed by atoms with E-state index in [9.17, 15) is 8.42 Å². The fourth-order valence-electron chi connectivity index (χ4n) is 1.48. The highest BCUT2D eigenvalue weighted by Crippen LogP contribution is 2.12. The molecule has 0 amide bonds. The molecule has 1 aliphatic rings. The topological polar surface area (TPSA) is 49.4 Å². The molecule has 0 unspecified atom stereocenters.